The molecule has 1 amide bonds. The lowest BCUT2D eigenvalue weighted by atomic mass is 9.82. The summed E-state index contributed by atoms with van der Waals surface area (Å²) in [5.74, 6) is 1.20. The van der Waals surface area contributed by atoms with Crippen LogP contribution in [0.4, 0.5) is 0 Å². The lowest BCUT2D eigenvalue weighted by Gasteiger charge is -2.35. The summed E-state index contributed by atoms with van der Waals surface area (Å²) < 4.78 is 8.18. The molecule has 0 spiro atoms. The summed E-state index contributed by atoms with van der Waals surface area (Å²) in [4.78, 5) is 17.5. The van der Waals surface area contributed by atoms with Crippen LogP contribution >= 0.6 is 0 Å². The molecule has 27 heavy (non-hydrogen) atoms. The van der Waals surface area contributed by atoms with Crippen molar-refractivity contribution in [1.82, 2.24) is 14.7 Å². The summed E-state index contributed by atoms with van der Waals surface area (Å²) in [6.45, 7) is 7.10. The van der Waals surface area contributed by atoms with Crippen LogP contribution in [0.1, 0.15) is 67.2 Å². The van der Waals surface area contributed by atoms with Gasteiger partial charge in [0.05, 0.1) is 11.7 Å². The van der Waals surface area contributed by atoms with Crippen molar-refractivity contribution in [1.29, 1.82) is 0 Å². The standard InChI is InChI=1S/C22H31N3O2/c1-4-5-10-27-20-16-6-7-17(20)13-18(12-16)24-22(26)19-8-9-25-15(3)11-14(2)23-21(19)25/h8-9,11,16-18,20H,4-7,10,12-13H2,1-3H3,(H,24,26)/t16?,17?,18-,20-. The second-order valence-corrected chi connectivity index (χ2v) is 8.39. The highest BCUT2D eigenvalue weighted by Gasteiger charge is 2.43. The Labute approximate surface area is 161 Å². The lowest BCUT2D eigenvalue weighted by molar-refractivity contribution is -0.0263. The maximum atomic E-state index is 12.9. The van der Waals surface area contributed by atoms with Gasteiger partial charge in [0.25, 0.3) is 5.91 Å². The van der Waals surface area contributed by atoms with Crippen molar-refractivity contribution in [3.63, 3.8) is 0 Å². The molecule has 2 aromatic rings. The zero-order valence-corrected chi connectivity index (χ0v) is 16.7. The zero-order chi connectivity index (χ0) is 19.0. The predicted octanol–water partition coefficient (Wildman–Crippen LogP) is 4.05. The van der Waals surface area contributed by atoms with Crippen LogP contribution in [-0.2, 0) is 4.74 Å². The van der Waals surface area contributed by atoms with E-state index in [2.05, 4.69) is 17.2 Å². The van der Waals surface area contributed by atoms with Gasteiger partial charge in [0.15, 0.2) is 0 Å². The van der Waals surface area contributed by atoms with E-state index in [1.54, 1.807) is 0 Å². The van der Waals surface area contributed by atoms with E-state index < -0.39 is 0 Å². The minimum absolute atomic E-state index is 0.00440. The van der Waals surface area contributed by atoms with Gasteiger partial charge < -0.3 is 14.5 Å². The third-order valence-corrected chi connectivity index (χ3v) is 6.34. The van der Waals surface area contributed by atoms with Gasteiger partial charge in [-0.05, 0) is 69.9 Å². The van der Waals surface area contributed by atoms with Crippen LogP contribution in [0.2, 0.25) is 0 Å². The Balaban J connectivity index is 1.43. The van der Waals surface area contributed by atoms with Gasteiger partial charge in [-0.1, -0.05) is 13.3 Å². The fraction of sp³-hybridized carbons (Fsp3) is 0.636. The zero-order valence-electron chi connectivity index (χ0n) is 16.7. The molecule has 0 aromatic carbocycles. The monoisotopic (exact) mass is 369 g/mol. The number of unbranched alkanes of at least 4 members (excludes halogenated alkanes) is 1. The third kappa shape index (κ3) is 3.62. The van der Waals surface area contributed by atoms with Crippen molar-refractivity contribution in [2.45, 2.75) is 71.4 Å². The molecule has 2 fully saturated rings. The second kappa shape index (κ2) is 7.63. The van der Waals surface area contributed by atoms with Gasteiger partial charge in [0.1, 0.15) is 5.65 Å². The predicted molar refractivity (Wildman–Crippen MR) is 106 cm³/mol. The molecular weight excluding hydrogens is 338 g/mol. The highest BCUT2D eigenvalue weighted by Crippen LogP contribution is 2.44. The van der Waals surface area contributed by atoms with Crippen molar-refractivity contribution in [3.8, 4) is 0 Å². The third-order valence-electron chi connectivity index (χ3n) is 6.34. The van der Waals surface area contributed by atoms with Crippen LogP contribution < -0.4 is 5.32 Å². The fourth-order valence-corrected chi connectivity index (χ4v) is 5.06. The van der Waals surface area contributed by atoms with E-state index in [0.29, 0.717) is 23.5 Å². The number of aryl methyl sites for hydroxylation is 2. The van der Waals surface area contributed by atoms with E-state index in [1.807, 2.05) is 36.6 Å². The normalized spacial score (nSPS) is 27.2. The molecule has 146 valence electrons. The van der Waals surface area contributed by atoms with E-state index in [9.17, 15) is 4.79 Å². The summed E-state index contributed by atoms with van der Waals surface area (Å²) in [6.07, 6.45) is 9.22. The van der Waals surface area contributed by atoms with Crippen molar-refractivity contribution in [2.75, 3.05) is 6.61 Å². The number of hydrogen-bond donors (Lipinski definition) is 1. The van der Waals surface area contributed by atoms with Crippen LogP contribution in [0.15, 0.2) is 18.3 Å². The maximum Gasteiger partial charge on any atom is 0.255 e. The number of carbonyl (C=O) groups is 1. The van der Waals surface area contributed by atoms with Gasteiger partial charge in [0.2, 0.25) is 0 Å². The summed E-state index contributed by atoms with van der Waals surface area (Å²) in [6, 6.07) is 4.17. The van der Waals surface area contributed by atoms with Gasteiger partial charge in [-0.25, -0.2) is 4.98 Å². The number of nitrogens with zero attached hydrogens (tertiary/aromatic N) is 2. The van der Waals surface area contributed by atoms with Gasteiger partial charge in [-0.15, -0.1) is 0 Å². The van der Waals surface area contributed by atoms with E-state index in [0.717, 1.165) is 42.9 Å². The largest absolute Gasteiger partial charge is 0.378 e. The molecule has 2 aromatic heterocycles. The van der Waals surface area contributed by atoms with Crippen molar-refractivity contribution >= 4 is 11.6 Å². The second-order valence-electron chi connectivity index (χ2n) is 8.39. The quantitative estimate of drug-likeness (QED) is 0.782. The molecule has 0 saturated heterocycles. The van der Waals surface area contributed by atoms with Crippen molar-refractivity contribution in [3.05, 3.63) is 35.3 Å². The number of amides is 1. The number of nitrogens with one attached hydrogen (secondary N) is 1. The van der Waals surface area contributed by atoms with Gasteiger partial charge in [-0.3, -0.25) is 4.79 Å². The average molecular weight is 370 g/mol. The lowest BCUT2D eigenvalue weighted by Crippen LogP contribution is -2.44. The smallest absolute Gasteiger partial charge is 0.255 e. The van der Waals surface area contributed by atoms with Gasteiger partial charge in [0, 0.05) is 30.2 Å². The van der Waals surface area contributed by atoms with E-state index >= 15 is 0 Å². The Hall–Kier alpha value is -1.88. The van der Waals surface area contributed by atoms with Gasteiger partial charge in [-0.2, -0.15) is 0 Å². The Morgan fingerprint density at radius 1 is 1.30 bits per heavy atom. The Morgan fingerprint density at radius 3 is 2.74 bits per heavy atom. The fourth-order valence-electron chi connectivity index (χ4n) is 5.06. The molecule has 1 N–H and O–H groups in total. The van der Waals surface area contributed by atoms with E-state index in [1.165, 1.54) is 19.3 Å². The van der Waals surface area contributed by atoms with Crippen molar-refractivity contribution in [2.24, 2.45) is 11.8 Å². The molecule has 2 saturated carbocycles. The molecule has 2 atom stereocenters. The molecule has 2 aliphatic rings. The first-order chi connectivity index (χ1) is 13.1. The Bertz CT molecular complexity index is 814. The number of carbonyl (C=O) groups excluding carboxylic acids is 1. The summed E-state index contributed by atoms with van der Waals surface area (Å²) in [5.41, 5.74) is 3.47. The van der Waals surface area contributed by atoms with Crippen LogP contribution in [-0.4, -0.2) is 34.0 Å². The molecule has 5 nitrogen and oxygen atoms in total. The molecule has 4 rings (SSSR count). The molecule has 2 heterocycles. The molecule has 5 heteroatoms. The summed E-state index contributed by atoms with van der Waals surface area (Å²) in [5, 5.41) is 3.29. The minimum Gasteiger partial charge on any atom is -0.378 e. The van der Waals surface area contributed by atoms with E-state index in [-0.39, 0.29) is 11.9 Å². The first kappa shape index (κ1) is 18.5. The molecule has 2 bridgehead atoms. The summed E-state index contributed by atoms with van der Waals surface area (Å²) in [7, 11) is 0. The topological polar surface area (TPSA) is 55.6 Å². The highest BCUT2D eigenvalue weighted by atomic mass is 16.5. The SMILES string of the molecule is CCCCO[C@H]1C2CCC1C[C@@H](NC(=O)c1ccn3c(C)cc(C)nc13)C2. The maximum absolute atomic E-state index is 12.9. The van der Waals surface area contributed by atoms with Gasteiger partial charge >= 0.3 is 0 Å². The molecule has 0 aliphatic heterocycles. The van der Waals surface area contributed by atoms with Crippen LogP contribution in [0.5, 0.6) is 0 Å². The molecule has 0 radical (unpaired) electrons. The molecular formula is C22H31N3O2. The van der Waals surface area contributed by atoms with E-state index in [4.69, 9.17) is 4.74 Å². The average Bonchev–Trinajstić information content (AvgIpc) is 3.14. The number of hydrogen-bond acceptors (Lipinski definition) is 3. The first-order valence-electron chi connectivity index (χ1n) is 10.4. The van der Waals surface area contributed by atoms with Crippen LogP contribution in [0.25, 0.3) is 5.65 Å². The minimum atomic E-state index is 0.00440. The van der Waals surface area contributed by atoms with Crippen molar-refractivity contribution < 1.29 is 9.53 Å². The number of aromatic nitrogens is 2. The number of fused-ring (bicyclic) bond motifs is 3. The Kier molecular flexibility index (Phi) is 5.22. The molecule has 2 unspecified atom stereocenters. The highest BCUT2D eigenvalue weighted by molar-refractivity contribution is 6.00. The first-order valence-corrected chi connectivity index (χ1v) is 10.4. The van der Waals surface area contributed by atoms with Crippen LogP contribution in [0.3, 0.4) is 0 Å². The Morgan fingerprint density at radius 2 is 2.04 bits per heavy atom. The number of rotatable bonds is 6. The molecule has 2 aliphatic carbocycles. The summed E-state index contributed by atoms with van der Waals surface area (Å²) >= 11 is 0. The number of ether oxygens (including phenoxy) is 1. The van der Waals surface area contributed by atoms with Crippen LogP contribution in [0, 0.1) is 25.7 Å².